The highest BCUT2D eigenvalue weighted by molar-refractivity contribution is 6.30. The van der Waals surface area contributed by atoms with E-state index in [2.05, 4.69) is 10.2 Å². The number of piperazine rings is 1. The maximum Gasteiger partial charge on any atom is 0.416 e. The number of halogens is 4. The molecule has 6 heteroatoms. The fourth-order valence-corrected chi connectivity index (χ4v) is 3.04. The molecular weight excluding hydrogens is 301 g/mol. The van der Waals surface area contributed by atoms with Gasteiger partial charge in [-0.1, -0.05) is 31.0 Å². The zero-order chi connectivity index (χ0) is 15.5. The summed E-state index contributed by atoms with van der Waals surface area (Å²) in [5.41, 5.74) is -0.261. The van der Waals surface area contributed by atoms with Crippen LogP contribution in [0.2, 0.25) is 5.02 Å². The third-order valence-electron chi connectivity index (χ3n) is 3.83. The maximum absolute atomic E-state index is 13.3. The lowest BCUT2D eigenvalue weighted by molar-refractivity contribution is -0.138. The number of nitrogens with zero attached hydrogens (tertiary/aromatic N) is 1. The molecule has 0 unspecified atom stereocenters. The first kappa shape index (κ1) is 16.6. The van der Waals surface area contributed by atoms with Crippen LogP contribution in [-0.4, -0.2) is 31.1 Å². The molecule has 1 aliphatic heterocycles. The summed E-state index contributed by atoms with van der Waals surface area (Å²) in [7, 11) is 0. The number of alkyl halides is 3. The summed E-state index contributed by atoms with van der Waals surface area (Å²) in [5.74, 6) is 0. The van der Waals surface area contributed by atoms with Gasteiger partial charge in [-0.2, -0.15) is 13.2 Å². The molecule has 2 rings (SSSR count). The van der Waals surface area contributed by atoms with Gasteiger partial charge in [0.1, 0.15) is 0 Å². The van der Waals surface area contributed by atoms with Crippen LogP contribution >= 0.6 is 11.6 Å². The molecule has 1 aromatic rings. The van der Waals surface area contributed by atoms with Gasteiger partial charge in [0, 0.05) is 37.2 Å². The molecule has 118 valence electrons. The quantitative estimate of drug-likeness (QED) is 0.898. The lowest BCUT2D eigenvalue weighted by Gasteiger charge is -2.36. The first-order chi connectivity index (χ1) is 9.93. The molecule has 1 saturated heterocycles. The number of nitrogens with one attached hydrogen (secondary N) is 1. The second kappa shape index (κ2) is 6.99. The van der Waals surface area contributed by atoms with Crippen molar-refractivity contribution in [1.29, 1.82) is 0 Å². The fraction of sp³-hybridized carbons (Fsp3) is 0.600. The van der Waals surface area contributed by atoms with E-state index in [-0.39, 0.29) is 11.1 Å². The third-order valence-corrected chi connectivity index (χ3v) is 4.07. The van der Waals surface area contributed by atoms with Crippen LogP contribution in [0.25, 0.3) is 0 Å². The van der Waals surface area contributed by atoms with Gasteiger partial charge in [-0.3, -0.25) is 4.90 Å². The predicted molar refractivity (Wildman–Crippen MR) is 78.5 cm³/mol. The predicted octanol–water partition coefficient (Wildman–Crippen LogP) is 4.11. The molecule has 0 radical (unpaired) electrons. The van der Waals surface area contributed by atoms with E-state index >= 15 is 0 Å². The van der Waals surface area contributed by atoms with E-state index in [1.807, 2.05) is 6.92 Å². The van der Waals surface area contributed by atoms with Gasteiger partial charge < -0.3 is 5.32 Å². The summed E-state index contributed by atoms with van der Waals surface area (Å²) < 4.78 is 39.9. The topological polar surface area (TPSA) is 15.3 Å². The zero-order valence-electron chi connectivity index (χ0n) is 12.0. The average molecular weight is 321 g/mol. The highest BCUT2D eigenvalue weighted by atomic mass is 35.5. The molecule has 1 heterocycles. The number of benzene rings is 1. The smallest absolute Gasteiger partial charge is 0.314 e. The van der Waals surface area contributed by atoms with Crippen molar-refractivity contribution in [3.8, 4) is 0 Å². The van der Waals surface area contributed by atoms with Gasteiger partial charge in [0.25, 0.3) is 0 Å². The average Bonchev–Trinajstić information content (AvgIpc) is 2.45. The second-order valence-electron chi connectivity index (χ2n) is 5.32. The Labute approximate surface area is 128 Å². The summed E-state index contributed by atoms with van der Waals surface area (Å²) >= 11 is 5.77. The van der Waals surface area contributed by atoms with E-state index in [1.165, 1.54) is 6.07 Å². The van der Waals surface area contributed by atoms with E-state index in [9.17, 15) is 13.2 Å². The Hall–Kier alpha value is -0.780. The Kier molecular flexibility index (Phi) is 5.52. The SMILES string of the molecule is CCC[C@H](c1ccc(Cl)cc1C(F)(F)F)N1CCNCC1. The molecule has 2 nitrogen and oxygen atoms in total. The molecule has 1 aromatic carbocycles. The van der Waals surface area contributed by atoms with Crippen molar-refractivity contribution in [1.82, 2.24) is 10.2 Å². The zero-order valence-corrected chi connectivity index (χ0v) is 12.8. The molecule has 0 aromatic heterocycles. The van der Waals surface area contributed by atoms with Crippen molar-refractivity contribution >= 4 is 11.6 Å². The lowest BCUT2D eigenvalue weighted by atomic mass is 9.94. The van der Waals surface area contributed by atoms with E-state index in [0.717, 1.165) is 38.7 Å². The van der Waals surface area contributed by atoms with Gasteiger partial charge in [0.05, 0.1) is 5.56 Å². The Bertz CT molecular complexity index is 470. The Balaban J connectivity index is 2.39. The first-order valence-corrected chi connectivity index (χ1v) is 7.62. The van der Waals surface area contributed by atoms with Crippen LogP contribution < -0.4 is 5.32 Å². The summed E-state index contributed by atoms with van der Waals surface area (Å²) in [4.78, 5) is 2.14. The molecule has 21 heavy (non-hydrogen) atoms. The van der Waals surface area contributed by atoms with Crippen LogP contribution in [0.1, 0.15) is 36.9 Å². The monoisotopic (exact) mass is 320 g/mol. The number of hydrogen-bond donors (Lipinski definition) is 1. The van der Waals surface area contributed by atoms with E-state index in [1.54, 1.807) is 6.07 Å². The highest BCUT2D eigenvalue weighted by Gasteiger charge is 2.36. The number of rotatable bonds is 4. The van der Waals surface area contributed by atoms with Crippen LogP contribution in [0.4, 0.5) is 13.2 Å². The van der Waals surface area contributed by atoms with Gasteiger partial charge in [0.15, 0.2) is 0 Å². The fourth-order valence-electron chi connectivity index (χ4n) is 2.87. The van der Waals surface area contributed by atoms with Crippen molar-refractivity contribution in [2.45, 2.75) is 32.0 Å². The normalized spacial score (nSPS) is 18.7. The minimum absolute atomic E-state index is 0.127. The van der Waals surface area contributed by atoms with Crippen LogP contribution in [0.15, 0.2) is 18.2 Å². The molecule has 0 spiro atoms. The van der Waals surface area contributed by atoms with Crippen molar-refractivity contribution in [3.63, 3.8) is 0 Å². The summed E-state index contributed by atoms with van der Waals surface area (Å²) in [6.45, 7) is 5.16. The Morgan fingerprint density at radius 2 is 1.95 bits per heavy atom. The van der Waals surface area contributed by atoms with Gasteiger partial charge in [-0.15, -0.1) is 0 Å². The van der Waals surface area contributed by atoms with E-state index in [0.29, 0.717) is 12.0 Å². The highest BCUT2D eigenvalue weighted by Crippen LogP contribution is 2.39. The van der Waals surface area contributed by atoms with E-state index < -0.39 is 11.7 Å². The number of hydrogen-bond acceptors (Lipinski definition) is 2. The molecule has 0 saturated carbocycles. The second-order valence-corrected chi connectivity index (χ2v) is 5.76. The lowest BCUT2D eigenvalue weighted by Crippen LogP contribution is -2.45. The summed E-state index contributed by atoms with van der Waals surface area (Å²) in [5, 5.41) is 3.36. The molecule has 1 N–H and O–H groups in total. The standard InChI is InChI=1S/C15H20ClF3N2/c1-2-3-14(21-8-6-20-7-9-21)12-5-4-11(16)10-13(12)15(17,18)19/h4-5,10,14,20H,2-3,6-9H2,1H3/t14-/m1/s1. The summed E-state index contributed by atoms with van der Waals surface area (Å²) in [6, 6.07) is 3.93. The van der Waals surface area contributed by atoms with Gasteiger partial charge in [-0.25, -0.2) is 0 Å². The molecular formula is C15H20ClF3N2. The van der Waals surface area contributed by atoms with Crippen LogP contribution in [0.5, 0.6) is 0 Å². The van der Waals surface area contributed by atoms with Gasteiger partial charge >= 0.3 is 6.18 Å². The maximum atomic E-state index is 13.3. The van der Waals surface area contributed by atoms with Crippen molar-refractivity contribution in [2.24, 2.45) is 0 Å². The molecule has 0 amide bonds. The van der Waals surface area contributed by atoms with Crippen LogP contribution in [0, 0.1) is 0 Å². The van der Waals surface area contributed by atoms with E-state index in [4.69, 9.17) is 11.6 Å². The van der Waals surface area contributed by atoms with Crippen LogP contribution in [0.3, 0.4) is 0 Å². The Morgan fingerprint density at radius 1 is 1.29 bits per heavy atom. The van der Waals surface area contributed by atoms with Crippen LogP contribution in [-0.2, 0) is 6.18 Å². The summed E-state index contributed by atoms with van der Waals surface area (Å²) in [6.07, 6.45) is -2.82. The largest absolute Gasteiger partial charge is 0.416 e. The van der Waals surface area contributed by atoms with Crippen molar-refractivity contribution in [2.75, 3.05) is 26.2 Å². The molecule has 0 bridgehead atoms. The molecule has 1 aliphatic rings. The molecule has 1 atom stereocenters. The third kappa shape index (κ3) is 4.11. The van der Waals surface area contributed by atoms with Crippen molar-refractivity contribution < 1.29 is 13.2 Å². The van der Waals surface area contributed by atoms with Gasteiger partial charge in [-0.05, 0) is 24.1 Å². The molecule has 0 aliphatic carbocycles. The van der Waals surface area contributed by atoms with Crippen molar-refractivity contribution in [3.05, 3.63) is 34.3 Å². The molecule has 1 fully saturated rings. The minimum Gasteiger partial charge on any atom is -0.314 e. The minimum atomic E-state index is -4.37. The van der Waals surface area contributed by atoms with Gasteiger partial charge in [0.2, 0.25) is 0 Å². The first-order valence-electron chi connectivity index (χ1n) is 7.25. The Morgan fingerprint density at radius 3 is 2.52 bits per heavy atom.